The molecule has 0 saturated heterocycles. The summed E-state index contributed by atoms with van der Waals surface area (Å²) < 4.78 is 0. The van der Waals surface area contributed by atoms with Gasteiger partial charge >= 0.3 is 0 Å². The Hall–Kier alpha value is -1.10. The number of amides is 2. The van der Waals surface area contributed by atoms with Gasteiger partial charge in [-0.2, -0.15) is 0 Å². The smallest absolute Gasteiger partial charge is 0.239 e. The highest BCUT2D eigenvalue weighted by atomic mass is 16.3. The summed E-state index contributed by atoms with van der Waals surface area (Å²) in [5.74, 6) is -0.423. The third-order valence-corrected chi connectivity index (χ3v) is 1.57. The van der Waals surface area contributed by atoms with Gasteiger partial charge in [-0.25, -0.2) is 0 Å². The molecule has 0 atom stereocenters. The van der Waals surface area contributed by atoms with Crippen molar-refractivity contribution >= 4 is 11.8 Å². The van der Waals surface area contributed by atoms with Crippen molar-refractivity contribution in [1.29, 1.82) is 0 Å². The molecule has 0 aliphatic carbocycles. The Bertz CT molecular complexity index is 221. The Labute approximate surface area is 90.2 Å². The van der Waals surface area contributed by atoms with Gasteiger partial charge in [-0.1, -0.05) is 20.8 Å². The quantitative estimate of drug-likeness (QED) is 0.587. The van der Waals surface area contributed by atoms with E-state index in [4.69, 9.17) is 5.11 Å². The summed E-state index contributed by atoms with van der Waals surface area (Å²) in [5.41, 5.74) is -0.0777. The second-order valence-corrected chi connectivity index (χ2v) is 4.59. The molecule has 0 aromatic rings. The van der Waals surface area contributed by atoms with Gasteiger partial charge in [0.15, 0.2) is 0 Å². The van der Waals surface area contributed by atoms with Crippen LogP contribution in [0.4, 0.5) is 0 Å². The molecule has 0 saturated carbocycles. The van der Waals surface area contributed by atoms with Crippen molar-refractivity contribution in [2.24, 2.45) is 5.41 Å². The van der Waals surface area contributed by atoms with Crippen LogP contribution >= 0.6 is 0 Å². The molecule has 0 heterocycles. The average molecular weight is 216 g/mol. The summed E-state index contributed by atoms with van der Waals surface area (Å²) in [4.78, 5) is 22.3. The van der Waals surface area contributed by atoms with E-state index in [0.717, 1.165) is 0 Å². The maximum atomic E-state index is 11.3. The van der Waals surface area contributed by atoms with Gasteiger partial charge in [0.25, 0.3) is 0 Å². The highest BCUT2D eigenvalue weighted by Crippen LogP contribution is 2.17. The Morgan fingerprint density at radius 1 is 1.13 bits per heavy atom. The molecule has 0 rings (SSSR count). The van der Waals surface area contributed by atoms with Crippen molar-refractivity contribution in [3.8, 4) is 0 Å². The topological polar surface area (TPSA) is 78.4 Å². The molecule has 0 bridgehead atoms. The third-order valence-electron chi connectivity index (χ3n) is 1.57. The van der Waals surface area contributed by atoms with Gasteiger partial charge in [0.2, 0.25) is 11.8 Å². The van der Waals surface area contributed by atoms with E-state index in [9.17, 15) is 9.59 Å². The van der Waals surface area contributed by atoms with Crippen molar-refractivity contribution in [1.82, 2.24) is 10.6 Å². The third kappa shape index (κ3) is 9.21. The van der Waals surface area contributed by atoms with Crippen LogP contribution in [0.1, 0.15) is 27.2 Å². The van der Waals surface area contributed by atoms with Gasteiger partial charge < -0.3 is 15.7 Å². The molecule has 3 N–H and O–H groups in total. The Kier molecular flexibility index (Phi) is 5.93. The van der Waals surface area contributed by atoms with Crippen LogP contribution in [0.2, 0.25) is 0 Å². The summed E-state index contributed by atoms with van der Waals surface area (Å²) >= 11 is 0. The van der Waals surface area contributed by atoms with E-state index < -0.39 is 0 Å². The van der Waals surface area contributed by atoms with E-state index in [1.807, 2.05) is 20.8 Å². The van der Waals surface area contributed by atoms with Crippen LogP contribution in [0.5, 0.6) is 0 Å². The standard InChI is InChI=1S/C10H20N2O3/c1-10(2,3)6-8(14)12-7-9(15)11-4-5-13/h13H,4-7H2,1-3H3,(H,11,15)(H,12,14). The molecule has 5 nitrogen and oxygen atoms in total. The van der Waals surface area contributed by atoms with Crippen LogP contribution in [0.25, 0.3) is 0 Å². The first-order valence-electron chi connectivity index (χ1n) is 4.99. The zero-order valence-corrected chi connectivity index (χ0v) is 9.59. The SMILES string of the molecule is CC(C)(C)CC(=O)NCC(=O)NCCO. The normalized spacial score (nSPS) is 10.9. The Morgan fingerprint density at radius 3 is 2.20 bits per heavy atom. The molecule has 15 heavy (non-hydrogen) atoms. The average Bonchev–Trinajstić information content (AvgIpc) is 2.08. The highest BCUT2D eigenvalue weighted by Gasteiger charge is 2.15. The van der Waals surface area contributed by atoms with Gasteiger partial charge in [0.05, 0.1) is 13.2 Å². The largest absolute Gasteiger partial charge is 0.395 e. The van der Waals surface area contributed by atoms with Gasteiger partial charge in [-0.15, -0.1) is 0 Å². The van der Waals surface area contributed by atoms with E-state index >= 15 is 0 Å². The van der Waals surface area contributed by atoms with Crippen LogP contribution in [-0.2, 0) is 9.59 Å². The molecule has 0 aromatic heterocycles. The molecule has 0 radical (unpaired) electrons. The van der Waals surface area contributed by atoms with Crippen LogP contribution in [0.3, 0.4) is 0 Å². The fraction of sp³-hybridized carbons (Fsp3) is 0.800. The molecule has 2 amide bonds. The summed E-state index contributed by atoms with van der Waals surface area (Å²) in [6.07, 6.45) is 0.389. The van der Waals surface area contributed by atoms with Gasteiger partial charge in [-0.3, -0.25) is 9.59 Å². The lowest BCUT2D eigenvalue weighted by molar-refractivity contribution is -0.127. The second kappa shape index (κ2) is 6.40. The second-order valence-electron chi connectivity index (χ2n) is 4.59. The molecule has 0 fully saturated rings. The Balaban J connectivity index is 3.67. The number of carbonyl (C=O) groups excluding carboxylic acids is 2. The van der Waals surface area contributed by atoms with E-state index in [0.29, 0.717) is 6.42 Å². The summed E-state index contributed by atoms with van der Waals surface area (Å²) in [6.45, 7) is 5.96. The van der Waals surface area contributed by atoms with Gasteiger partial charge in [0, 0.05) is 13.0 Å². The molecule has 0 unspecified atom stereocenters. The first-order chi connectivity index (χ1) is 6.85. The fourth-order valence-electron chi connectivity index (χ4n) is 0.981. The molecule has 0 aliphatic heterocycles. The molecule has 88 valence electrons. The molecule has 5 heteroatoms. The molecule has 0 aliphatic rings. The predicted octanol–water partition coefficient (Wildman–Crippen LogP) is -0.353. The van der Waals surface area contributed by atoms with Gasteiger partial charge in [0.1, 0.15) is 0 Å². The first-order valence-corrected chi connectivity index (χ1v) is 4.99. The summed E-state index contributed by atoms with van der Waals surface area (Å²) in [7, 11) is 0. The van der Waals surface area contributed by atoms with Crippen LogP contribution < -0.4 is 10.6 Å². The number of hydrogen-bond donors (Lipinski definition) is 3. The monoisotopic (exact) mass is 216 g/mol. The summed E-state index contributed by atoms with van der Waals surface area (Å²) in [5, 5.41) is 13.4. The van der Waals surface area contributed by atoms with Crippen molar-refractivity contribution in [3.63, 3.8) is 0 Å². The lowest BCUT2D eigenvalue weighted by Crippen LogP contribution is -2.38. The maximum absolute atomic E-state index is 11.3. The minimum atomic E-state index is -0.286. The van der Waals surface area contributed by atoms with E-state index in [-0.39, 0.29) is 36.9 Å². The van der Waals surface area contributed by atoms with Crippen molar-refractivity contribution in [2.45, 2.75) is 27.2 Å². The van der Waals surface area contributed by atoms with Crippen LogP contribution in [0.15, 0.2) is 0 Å². The number of hydrogen-bond acceptors (Lipinski definition) is 3. The zero-order chi connectivity index (χ0) is 11.9. The van der Waals surface area contributed by atoms with E-state index in [2.05, 4.69) is 10.6 Å². The van der Waals surface area contributed by atoms with Crippen LogP contribution in [-0.4, -0.2) is 36.6 Å². The first kappa shape index (κ1) is 13.9. The van der Waals surface area contributed by atoms with Crippen molar-refractivity contribution in [2.75, 3.05) is 19.7 Å². The molecule has 0 spiro atoms. The molecular weight excluding hydrogens is 196 g/mol. The van der Waals surface area contributed by atoms with Gasteiger partial charge in [-0.05, 0) is 5.41 Å². The summed E-state index contributed by atoms with van der Waals surface area (Å²) in [6, 6.07) is 0. The number of nitrogens with one attached hydrogen (secondary N) is 2. The molecular formula is C10H20N2O3. The maximum Gasteiger partial charge on any atom is 0.239 e. The number of aliphatic hydroxyl groups excluding tert-OH is 1. The van der Waals surface area contributed by atoms with Crippen molar-refractivity contribution < 1.29 is 14.7 Å². The number of aliphatic hydroxyl groups is 1. The minimum Gasteiger partial charge on any atom is -0.395 e. The van der Waals surface area contributed by atoms with Crippen LogP contribution in [0, 0.1) is 5.41 Å². The van der Waals surface area contributed by atoms with Crippen molar-refractivity contribution in [3.05, 3.63) is 0 Å². The Morgan fingerprint density at radius 2 is 1.73 bits per heavy atom. The molecule has 0 aromatic carbocycles. The number of rotatable bonds is 5. The predicted molar refractivity (Wildman–Crippen MR) is 57.2 cm³/mol. The minimum absolute atomic E-state index is 0.0328. The fourth-order valence-corrected chi connectivity index (χ4v) is 0.981. The lowest BCUT2D eigenvalue weighted by atomic mass is 9.92. The lowest BCUT2D eigenvalue weighted by Gasteiger charge is -2.17. The van der Waals surface area contributed by atoms with E-state index in [1.165, 1.54) is 0 Å². The highest BCUT2D eigenvalue weighted by molar-refractivity contribution is 5.84. The number of carbonyl (C=O) groups is 2. The van der Waals surface area contributed by atoms with E-state index in [1.54, 1.807) is 0 Å². The zero-order valence-electron chi connectivity index (χ0n) is 9.59.